The molecule has 18 heavy (non-hydrogen) atoms. The monoisotopic (exact) mass is 296 g/mol. The molecule has 0 saturated carbocycles. The highest BCUT2D eigenvalue weighted by molar-refractivity contribution is 7.80. The molecule has 0 fully saturated rings. The van der Waals surface area contributed by atoms with E-state index in [9.17, 15) is 0 Å². The Morgan fingerprint density at radius 1 is 1.39 bits per heavy atom. The van der Waals surface area contributed by atoms with Crippen LogP contribution in [0.25, 0.3) is 0 Å². The molecular formula is C13H16N2S3. The van der Waals surface area contributed by atoms with E-state index in [1.54, 1.807) is 22.7 Å². The van der Waals surface area contributed by atoms with Gasteiger partial charge in [-0.1, -0.05) is 6.07 Å². The normalized spacial score (nSPS) is 12.1. The van der Waals surface area contributed by atoms with Gasteiger partial charge in [-0.05, 0) is 49.6 Å². The molecule has 0 aromatic carbocycles. The SMILES string of the molecule is Cc1ccc([C@@H](C)NC(=S)NCc2cccs2)s1. The molecule has 0 radical (unpaired) electrons. The molecule has 0 spiro atoms. The molecule has 2 aromatic rings. The van der Waals surface area contributed by atoms with Gasteiger partial charge in [0.25, 0.3) is 0 Å². The van der Waals surface area contributed by atoms with E-state index in [2.05, 4.69) is 54.1 Å². The first-order chi connectivity index (χ1) is 8.65. The third-order valence-electron chi connectivity index (χ3n) is 2.54. The summed E-state index contributed by atoms with van der Waals surface area (Å²) in [6, 6.07) is 8.70. The Bertz CT molecular complexity index is 502. The zero-order chi connectivity index (χ0) is 13.0. The summed E-state index contributed by atoms with van der Waals surface area (Å²) in [6.45, 7) is 5.04. The molecule has 0 aliphatic rings. The van der Waals surface area contributed by atoms with Crippen LogP contribution in [0.2, 0.25) is 0 Å². The van der Waals surface area contributed by atoms with Gasteiger partial charge >= 0.3 is 0 Å². The first-order valence-corrected chi connectivity index (χ1v) is 7.88. The molecule has 0 aliphatic heterocycles. The number of hydrogen-bond acceptors (Lipinski definition) is 3. The van der Waals surface area contributed by atoms with E-state index >= 15 is 0 Å². The maximum Gasteiger partial charge on any atom is 0.167 e. The van der Waals surface area contributed by atoms with E-state index in [0.717, 1.165) is 6.54 Å². The van der Waals surface area contributed by atoms with Crippen molar-refractivity contribution >= 4 is 40.0 Å². The summed E-state index contributed by atoms with van der Waals surface area (Å²) in [4.78, 5) is 3.93. The number of thiocarbonyl (C=S) groups is 1. The van der Waals surface area contributed by atoms with E-state index in [-0.39, 0.29) is 6.04 Å². The minimum atomic E-state index is 0.257. The summed E-state index contributed by atoms with van der Waals surface area (Å²) >= 11 is 8.84. The van der Waals surface area contributed by atoms with Gasteiger partial charge in [0.2, 0.25) is 0 Å². The van der Waals surface area contributed by atoms with Crippen LogP contribution in [0.5, 0.6) is 0 Å². The highest BCUT2D eigenvalue weighted by Crippen LogP contribution is 2.22. The van der Waals surface area contributed by atoms with Crippen LogP contribution in [-0.4, -0.2) is 5.11 Å². The van der Waals surface area contributed by atoms with Crippen LogP contribution in [0.4, 0.5) is 0 Å². The standard InChI is InChI=1S/C13H16N2S3/c1-9-5-6-12(18-9)10(2)15-13(16)14-8-11-4-3-7-17-11/h3-7,10H,8H2,1-2H3,(H2,14,15,16)/t10-/m1/s1. The average molecular weight is 296 g/mol. The fraction of sp³-hybridized carbons (Fsp3) is 0.308. The van der Waals surface area contributed by atoms with Crippen LogP contribution in [0, 0.1) is 6.92 Å². The Labute approximate surface area is 121 Å². The minimum Gasteiger partial charge on any atom is -0.358 e. The average Bonchev–Trinajstić information content (AvgIpc) is 2.97. The maximum absolute atomic E-state index is 5.30. The van der Waals surface area contributed by atoms with E-state index < -0.39 is 0 Å². The Balaban J connectivity index is 1.80. The molecule has 0 saturated heterocycles. The fourth-order valence-electron chi connectivity index (χ4n) is 1.59. The highest BCUT2D eigenvalue weighted by atomic mass is 32.1. The van der Waals surface area contributed by atoms with E-state index in [1.165, 1.54) is 14.6 Å². The van der Waals surface area contributed by atoms with E-state index in [4.69, 9.17) is 12.2 Å². The molecule has 5 heteroatoms. The Hall–Kier alpha value is -0.910. The number of aryl methyl sites for hydroxylation is 1. The van der Waals surface area contributed by atoms with Crippen LogP contribution in [0.1, 0.15) is 27.6 Å². The van der Waals surface area contributed by atoms with Crippen molar-refractivity contribution in [1.82, 2.24) is 10.6 Å². The van der Waals surface area contributed by atoms with Crippen LogP contribution in [-0.2, 0) is 6.54 Å². The van der Waals surface area contributed by atoms with Gasteiger partial charge in [0, 0.05) is 14.6 Å². The van der Waals surface area contributed by atoms with Crippen LogP contribution in [0.3, 0.4) is 0 Å². The largest absolute Gasteiger partial charge is 0.358 e. The fourth-order valence-corrected chi connectivity index (χ4v) is 3.36. The molecule has 96 valence electrons. The molecule has 0 aliphatic carbocycles. The van der Waals surface area contributed by atoms with Gasteiger partial charge in [-0.2, -0.15) is 0 Å². The van der Waals surface area contributed by atoms with Crippen LogP contribution in [0.15, 0.2) is 29.6 Å². The second-order valence-electron chi connectivity index (χ2n) is 4.08. The van der Waals surface area contributed by atoms with Gasteiger partial charge in [-0.25, -0.2) is 0 Å². The first-order valence-electron chi connectivity index (χ1n) is 5.78. The van der Waals surface area contributed by atoms with Crippen LogP contribution >= 0.6 is 34.9 Å². The van der Waals surface area contributed by atoms with Crippen molar-refractivity contribution < 1.29 is 0 Å². The van der Waals surface area contributed by atoms with Crippen molar-refractivity contribution in [3.05, 3.63) is 44.3 Å². The zero-order valence-electron chi connectivity index (χ0n) is 10.4. The maximum atomic E-state index is 5.30. The predicted molar refractivity (Wildman–Crippen MR) is 84.4 cm³/mol. The topological polar surface area (TPSA) is 24.1 Å². The third kappa shape index (κ3) is 3.80. The third-order valence-corrected chi connectivity index (χ3v) is 4.86. The lowest BCUT2D eigenvalue weighted by atomic mass is 10.3. The zero-order valence-corrected chi connectivity index (χ0v) is 12.8. The number of nitrogens with one attached hydrogen (secondary N) is 2. The van der Waals surface area contributed by atoms with Gasteiger partial charge in [0.1, 0.15) is 0 Å². The molecule has 0 unspecified atom stereocenters. The first kappa shape index (κ1) is 13.5. The van der Waals surface area contributed by atoms with E-state index in [1.807, 2.05) is 0 Å². The summed E-state index contributed by atoms with van der Waals surface area (Å²) in [5, 5.41) is 9.32. The van der Waals surface area contributed by atoms with E-state index in [0.29, 0.717) is 5.11 Å². The minimum absolute atomic E-state index is 0.257. The van der Waals surface area contributed by atoms with Crippen molar-refractivity contribution in [2.24, 2.45) is 0 Å². The summed E-state index contributed by atoms with van der Waals surface area (Å²) < 4.78 is 0. The predicted octanol–water partition coefficient (Wildman–Crippen LogP) is 3.84. The van der Waals surface area contributed by atoms with Gasteiger partial charge in [-0.3, -0.25) is 0 Å². The Morgan fingerprint density at radius 3 is 2.83 bits per heavy atom. The molecule has 0 bridgehead atoms. The second kappa shape index (κ2) is 6.31. The molecule has 0 amide bonds. The Morgan fingerprint density at radius 2 is 2.22 bits per heavy atom. The summed E-state index contributed by atoms with van der Waals surface area (Å²) in [5.74, 6) is 0. The molecule has 1 atom stereocenters. The molecular weight excluding hydrogens is 280 g/mol. The number of hydrogen-bond donors (Lipinski definition) is 2. The summed E-state index contributed by atoms with van der Waals surface area (Å²) in [5.41, 5.74) is 0. The second-order valence-corrected chi connectivity index (χ2v) is 6.84. The van der Waals surface area contributed by atoms with Gasteiger partial charge in [0.15, 0.2) is 5.11 Å². The smallest absolute Gasteiger partial charge is 0.167 e. The molecule has 2 rings (SSSR count). The molecule has 2 heterocycles. The van der Waals surface area contributed by atoms with Gasteiger partial charge < -0.3 is 10.6 Å². The van der Waals surface area contributed by atoms with Gasteiger partial charge in [-0.15, -0.1) is 22.7 Å². The van der Waals surface area contributed by atoms with Crippen molar-refractivity contribution in [1.29, 1.82) is 0 Å². The summed E-state index contributed by atoms with van der Waals surface area (Å²) in [7, 11) is 0. The van der Waals surface area contributed by atoms with Gasteiger partial charge in [0.05, 0.1) is 12.6 Å². The van der Waals surface area contributed by atoms with Crippen molar-refractivity contribution in [3.63, 3.8) is 0 Å². The van der Waals surface area contributed by atoms with Crippen molar-refractivity contribution in [3.8, 4) is 0 Å². The molecule has 2 aromatic heterocycles. The highest BCUT2D eigenvalue weighted by Gasteiger charge is 2.08. The Kier molecular flexibility index (Phi) is 4.74. The van der Waals surface area contributed by atoms with Crippen LogP contribution < -0.4 is 10.6 Å². The summed E-state index contributed by atoms with van der Waals surface area (Å²) in [6.07, 6.45) is 0. The van der Waals surface area contributed by atoms with Crippen molar-refractivity contribution in [2.75, 3.05) is 0 Å². The lowest BCUT2D eigenvalue weighted by Gasteiger charge is -2.15. The lowest BCUT2D eigenvalue weighted by Crippen LogP contribution is -2.35. The molecule has 2 nitrogen and oxygen atoms in total. The van der Waals surface area contributed by atoms with Crippen molar-refractivity contribution in [2.45, 2.75) is 26.4 Å². The quantitative estimate of drug-likeness (QED) is 0.838. The lowest BCUT2D eigenvalue weighted by molar-refractivity contribution is 0.711. The molecule has 2 N–H and O–H groups in total. The number of rotatable bonds is 4. The number of thiophene rings is 2.